The van der Waals surface area contributed by atoms with E-state index in [4.69, 9.17) is 16.3 Å². The number of aryl methyl sites for hydroxylation is 2. The van der Waals surface area contributed by atoms with Gasteiger partial charge in [0.1, 0.15) is 23.1 Å². The molecule has 3 rings (SSSR count). The molecule has 0 saturated carbocycles. The number of nitrogens with one attached hydrogen (secondary N) is 2. The van der Waals surface area contributed by atoms with Crippen LogP contribution in [-0.4, -0.2) is 23.0 Å². The van der Waals surface area contributed by atoms with Crippen LogP contribution in [0.2, 0.25) is 5.02 Å². The molecule has 6 nitrogen and oxygen atoms in total. The van der Waals surface area contributed by atoms with Gasteiger partial charge in [0, 0.05) is 18.3 Å². The Bertz CT molecular complexity index is 990. The number of ether oxygens (including phenoxy) is 1. The summed E-state index contributed by atoms with van der Waals surface area (Å²) in [6, 6.07) is 14.9. The Morgan fingerprint density at radius 1 is 1.07 bits per heavy atom. The molecule has 0 fully saturated rings. The van der Waals surface area contributed by atoms with Gasteiger partial charge in [-0.05, 0) is 37.6 Å². The Hall–Kier alpha value is -3.12. The van der Waals surface area contributed by atoms with Crippen LogP contribution >= 0.6 is 11.6 Å². The summed E-state index contributed by atoms with van der Waals surface area (Å²) < 4.78 is 5.12. The van der Waals surface area contributed by atoms with Crippen molar-refractivity contribution in [1.29, 1.82) is 0 Å². The summed E-state index contributed by atoms with van der Waals surface area (Å²) in [5, 5.41) is 6.44. The van der Waals surface area contributed by atoms with E-state index < -0.39 is 0 Å². The van der Waals surface area contributed by atoms with Crippen molar-refractivity contribution in [1.82, 2.24) is 9.97 Å². The smallest absolute Gasteiger partial charge is 0.274 e. The van der Waals surface area contributed by atoms with E-state index in [-0.39, 0.29) is 11.6 Å². The van der Waals surface area contributed by atoms with Crippen molar-refractivity contribution in [2.24, 2.45) is 0 Å². The minimum atomic E-state index is -0.342. The van der Waals surface area contributed by atoms with E-state index in [0.717, 1.165) is 5.56 Å². The Kier molecular flexibility index (Phi) is 6.11. The predicted molar refractivity (Wildman–Crippen MR) is 111 cm³/mol. The minimum absolute atomic E-state index is 0.269. The second-order valence-electron chi connectivity index (χ2n) is 6.33. The number of hydrogen-bond donors (Lipinski definition) is 2. The van der Waals surface area contributed by atoms with Crippen LogP contribution in [0.5, 0.6) is 5.75 Å². The molecule has 1 amide bonds. The van der Waals surface area contributed by atoms with Gasteiger partial charge in [0.15, 0.2) is 0 Å². The fourth-order valence-electron chi connectivity index (χ4n) is 2.61. The van der Waals surface area contributed by atoms with Crippen LogP contribution in [0.25, 0.3) is 0 Å². The number of anilines is 2. The van der Waals surface area contributed by atoms with Crippen LogP contribution in [0.1, 0.15) is 27.4 Å². The molecule has 0 aliphatic heterocycles. The highest BCUT2D eigenvalue weighted by Gasteiger charge is 2.12. The van der Waals surface area contributed by atoms with Gasteiger partial charge in [-0.25, -0.2) is 9.97 Å². The molecular formula is C21H21ClN4O2. The molecule has 0 bridgehead atoms. The number of hydrogen-bond acceptors (Lipinski definition) is 5. The van der Waals surface area contributed by atoms with Crippen LogP contribution in [0, 0.1) is 13.8 Å². The number of halogens is 1. The third-order valence-corrected chi connectivity index (χ3v) is 4.37. The normalized spacial score (nSPS) is 10.4. The lowest BCUT2D eigenvalue weighted by molar-refractivity contribution is 0.102. The largest absolute Gasteiger partial charge is 0.495 e. The first kappa shape index (κ1) is 19.6. The summed E-state index contributed by atoms with van der Waals surface area (Å²) in [4.78, 5) is 21.2. The summed E-state index contributed by atoms with van der Waals surface area (Å²) in [5.41, 5.74) is 3.16. The zero-order valence-corrected chi connectivity index (χ0v) is 16.7. The number of methoxy groups -OCH3 is 1. The van der Waals surface area contributed by atoms with Gasteiger partial charge in [-0.2, -0.15) is 0 Å². The Morgan fingerprint density at radius 2 is 1.82 bits per heavy atom. The van der Waals surface area contributed by atoms with Gasteiger partial charge in [0.2, 0.25) is 0 Å². The molecule has 0 atom stereocenters. The molecular weight excluding hydrogens is 376 g/mol. The first-order chi connectivity index (χ1) is 13.4. The first-order valence-electron chi connectivity index (χ1n) is 8.74. The molecule has 0 spiro atoms. The van der Waals surface area contributed by atoms with Crippen LogP contribution in [-0.2, 0) is 6.54 Å². The summed E-state index contributed by atoms with van der Waals surface area (Å²) in [6.07, 6.45) is 0. The average Bonchev–Trinajstić information content (AvgIpc) is 2.67. The van der Waals surface area contributed by atoms with Crippen LogP contribution in [0.15, 0.2) is 48.5 Å². The lowest BCUT2D eigenvalue weighted by Crippen LogP contribution is -2.16. The highest BCUT2D eigenvalue weighted by atomic mass is 35.5. The molecule has 0 radical (unpaired) electrons. The fourth-order valence-corrected chi connectivity index (χ4v) is 2.87. The van der Waals surface area contributed by atoms with Gasteiger partial charge in [-0.3, -0.25) is 4.79 Å². The lowest BCUT2D eigenvalue weighted by Gasteiger charge is -2.10. The van der Waals surface area contributed by atoms with Crippen molar-refractivity contribution in [3.05, 3.63) is 76.2 Å². The third kappa shape index (κ3) is 4.98. The van der Waals surface area contributed by atoms with E-state index in [1.807, 2.05) is 6.92 Å². The Labute approximate surface area is 168 Å². The maximum absolute atomic E-state index is 12.6. The van der Waals surface area contributed by atoms with Gasteiger partial charge < -0.3 is 15.4 Å². The van der Waals surface area contributed by atoms with Crippen molar-refractivity contribution in [2.45, 2.75) is 20.4 Å². The summed E-state index contributed by atoms with van der Waals surface area (Å²) in [5.74, 6) is 1.29. The fraction of sp³-hybridized carbons (Fsp3) is 0.190. The van der Waals surface area contributed by atoms with Gasteiger partial charge in [0.25, 0.3) is 5.91 Å². The molecule has 1 heterocycles. The molecule has 7 heteroatoms. The van der Waals surface area contributed by atoms with Crippen molar-refractivity contribution in [3.8, 4) is 5.75 Å². The average molecular weight is 397 g/mol. The number of rotatable bonds is 6. The molecule has 2 N–H and O–H groups in total. The predicted octanol–water partition coefficient (Wildman–Crippen LogP) is 4.62. The second kappa shape index (κ2) is 8.71. The van der Waals surface area contributed by atoms with Gasteiger partial charge in [-0.1, -0.05) is 41.4 Å². The van der Waals surface area contributed by atoms with E-state index in [9.17, 15) is 4.79 Å². The zero-order chi connectivity index (χ0) is 20.1. The van der Waals surface area contributed by atoms with Crippen molar-refractivity contribution in [2.75, 3.05) is 17.7 Å². The van der Waals surface area contributed by atoms with Gasteiger partial charge >= 0.3 is 0 Å². The van der Waals surface area contributed by atoms with Crippen LogP contribution < -0.4 is 15.4 Å². The highest BCUT2D eigenvalue weighted by molar-refractivity contribution is 6.32. The molecule has 0 saturated heterocycles. The number of benzene rings is 2. The minimum Gasteiger partial charge on any atom is -0.495 e. The quantitative estimate of drug-likeness (QED) is 0.635. The van der Waals surface area contributed by atoms with E-state index >= 15 is 0 Å². The summed E-state index contributed by atoms with van der Waals surface area (Å²) in [6.45, 7) is 4.40. The monoisotopic (exact) mass is 396 g/mol. The zero-order valence-electron chi connectivity index (χ0n) is 15.9. The standard InChI is InChI=1S/C21H21ClN4O2/c1-13-4-6-15(7-5-13)12-23-20-11-18(24-14(2)25-20)21(27)26-16-8-9-19(28-3)17(22)10-16/h4-11H,12H2,1-3H3,(H,26,27)(H,23,24,25). The lowest BCUT2D eigenvalue weighted by atomic mass is 10.1. The molecule has 0 aliphatic rings. The maximum Gasteiger partial charge on any atom is 0.274 e. The molecule has 144 valence electrons. The van der Waals surface area contributed by atoms with E-state index in [1.54, 1.807) is 31.2 Å². The van der Waals surface area contributed by atoms with Crippen LogP contribution in [0.3, 0.4) is 0 Å². The van der Waals surface area contributed by atoms with Crippen molar-refractivity contribution >= 4 is 29.0 Å². The highest BCUT2D eigenvalue weighted by Crippen LogP contribution is 2.27. The van der Waals surface area contributed by atoms with E-state index in [1.165, 1.54) is 12.7 Å². The number of carbonyl (C=O) groups excluding carboxylic acids is 1. The Balaban J connectivity index is 1.72. The number of nitrogens with zero attached hydrogens (tertiary/aromatic N) is 2. The summed E-state index contributed by atoms with van der Waals surface area (Å²) in [7, 11) is 1.54. The molecule has 1 aromatic heterocycles. The second-order valence-corrected chi connectivity index (χ2v) is 6.74. The molecule has 2 aromatic carbocycles. The topological polar surface area (TPSA) is 76.1 Å². The molecule has 0 aliphatic carbocycles. The first-order valence-corrected chi connectivity index (χ1v) is 9.12. The molecule has 28 heavy (non-hydrogen) atoms. The SMILES string of the molecule is COc1ccc(NC(=O)c2cc(NCc3ccc(C)cc3)nc(C)n2)cc1Cl. The van der Waals surface area contributed by atoms with Gasteiger partial charge in [0.05, 0.1) is 12.1 Å². The third-order valence-electron chi connectivity index (χ3n) is 4.07. The van der Waals surface area contributed by atoms with Crippen molar-refractivity contribution < 1.29 is 9.53 Å². The van der Waals surface area contributed by atoms with Gasteiger partial charge in [-0.15, -0.1) is 0 Å². The molecule has 0 unspecified atom stereocenters. The number of amides is 1. The number of carbonyl (C=O) groups is 1. The number of aromatic nitrogens is 2. The Morgan fingerprint density at radius 3 is 2.50 bits per heavy atom. The van der Waals surface area contributed by atoms with E-state index in [2.05, 4.69) is 44.9 Å². The molecule has 3 aromatic rings. The van der Waals surface area contributed by atoms with E-state index in [0.29, 0.717) is 34.6 Å². The maximum atomic E-state index is 12.6. The van der Waals surface area contributed by atoms with Crippen LogP contribution in [0.4, 0.5) is 11.5 Å². The summed E-state index contributed by atoms with van der Waals surface area (Å²) >= 11 is 6.11. The van der Waals surface area contributed by atoms with Crippen molar-refractivity contribution in [3.63, 3.8) is 0 Å².